The summed E-state index contributed by atoms with van der Waals surface area (Å²) in [5.74, 6) is 0.987. The second-order valence-electron chi connectivity index (χ2n) is 7.95. The Morgan fingerprint density at radius 2 is 1.69 bits per heavy atom. The molecular formula is C23H27N5O. The van der Waals surface area contributed by atoms with Crippen LogP contribution < -0.4 is 0 Å². The molecule has 29 heavy (non-hydrogen) atoms. The molecule has 0 N–H and O–H groups in total. The topological polar surface area (TPSA) is 46.4 Å². The summed E-state index contributed by atoms with van der Waals surface area (Å²) < 4.78 is 7.48. The molecule has 1 aromatic carbocycles. The molecular weight excluding hydrogens is 362 g/mol. The molecule has 0 bridgehead atoms. The van der Waals surface area contributed by atoms with Gasteiger partial charge >= 0.3 is 0 Å². The van der Waals surface area contributed by atoms with Crippen LogP contribution in [0.4, 0.5) is 0 Å². The summed E-state index contributed by atoms with van der Waals surface area (Å²) in [6, 6.07) is 13.5. The van der Waals surface area contributed by atoms with Gasteiger partial charge in [0.25, 0.3) is 0 Å². The fourth-order valence-corrected chi connectivity index (χ4v) is 4.14. The van der Waals surface area contributed by atoms with Gasteiger partial charge in [0.1, 0.15) is 5.82 Å². The highest BCUT2D eigenvalue weighted by Crippen LogP contribution is 2.21. The molecule has 0 amide bonds. The molecule has 4 heterocycles. The van der Waals surface area contributed by atoms with Gasteiger partial charge in [-0.25, -0.2) is 4.98 Å². The summed E-state index contributed by atoms with van der Waals surface area (Å²) in [7, 11) is 0. The normalized spacial score (nSPS) is 18.7. The van der Waals surface area contributed by atoms with Crippen LogP contribution in [-0.2, 0) is 11.3 Å². The van der Waals surface area contributed by atoms with Gasteiger partial charge in [0.05, 0.1) is 24.9 Å². The summed E-state index contributed by atoms with van der Waals surface area (Å²) in [5, 5.41) is 0. The number of imidazole rings is 1. The number of rotatable bonds is 5. The standard InChI is InChI=1S/C23H27N5O/c1-18-25-23(20-6-8-24-9-7-20)15-28(18)21-4-2-19(3-5-21)14-26-10-12-27(13-11-26)22-16-29-17-22/h2-9,15,22H,10-14,16-17H2,1H3. The number of hydrogen-bond donors (Lipinski definition) is 0. The third-order valence-electron chi connectivity index (χ3n) is 6.02. The van der Waals surface area contributed by atoms with Crippen LogP contribution in [0.5, 0.6) is 0 Å². The van der Waals surface area contributed by atoms with Crippen LogP contribution in [0.2, 0.25) is 0 Å². The van der Waals surface area contributed by atoms with E-state index in [1.54, 1.807) is 12.4 Å². The van der Waals surface area contributed by atoms with E-state index in [0.717, 1.165) is 68.7 Å². The van der Waals surface area contributed by atoms with Crippen LogP contribution >= 0.6 is 0 Å². The van der Waals surface area contributed by atoms with Crippen molar-refractivity contribution in [2.45, 2.75) is 19.5 Å². The third kappa shape index (κ3) is 3.96. The number of aromatic nitrogens is 3. The Morgan fingerprint density at radius 3 is 2.34 bits per heavy atom. The van der Waals surface area contributed by atoms with E-state index in [1.165, 1.54) is 5.56 Å². The predicted octanol–water partition coefficient (Wildman–Crippen LogP) is 2.76. The van der Waals surface area contributed by atoms with Crippen molar-refractivity contribution in [3.05, 3.63) is 66.4 Å². The molecule has 2 aromatic heterocycles. The average Bonchev–Trinajstić information content (AvgIpc) is 3.11. The maximum absolute atomic E-state index is 5.33. The lowest BCUT2D eigenvalue weighted by Gasteiger charge is -2.42. The van der Waals surface area contributed by atoms with E-state index < -0.39 is 0 Å². The van der Waals surface area contributed by atoms with Crippen molar-refractivity contribution in [2.24, 2.45) is 0 Å². The molecule has 6 heteroatoms. The molecule has 0 spiro atoms. The van der Waals surface area contributed by atoms with Crippen molar-refractivity contribution in [1.29, 1.82) is 0 Å². The molecule has 150 valence electrons. The predicted molar refractivity (Wildman–Crippen MR) is 113 cm³/mol. The lowest BCUT2D eigenvalue weighted by atomic mass is 10.1. The van der Waals surface area contributed by atoms with Crippen molar-refractivity contribution >= 4 is 0 Å². The van der Waals surface area contributed by atoms with E-state index >= 15 is 0 Å². The molecule has 0 saturated carbocycles. The summed E-state index contributed by atoms with van der Waals surface area (Å²) in [5.41, 5.74) is 4.57. The molecule has 0 unspecified atom stereocenters. The molecule has 2 saturated heterocycles. The Kier molecular flexibility index (Phi) is 5.14. The average molecular weight is 390 g/mol. The molecule has 0 radical (unpaired) electrons. The molecule has 2 fully saturated rings. The summed E-state index contributed by atoms with van der Waals surface area (Å²) in [6.07, 6.45) is 5.71. The first-order valence-electron chi connectivity index (χ1n) is 10.4. The van der Waals surface area contributed by atoms with Gasteiger partial charge in [-0.15, -0.1) is 0 Å². The zero-order chi connectivity index (χ0) is 19.6. The van der Waals surface area contributed by atoms with Gasteiger partial charge in [-0.05, 0) is 36.8 Å². The highest BCUT2D eigenvalue weighted by molar-refractivity contribution is 5.58. The maximum Gasteiger partial charge on any atom is 0.110 e. The van der Waals surface area contributed by atoms with Gasteiger partial charge in [0.15, 0.2) is 0 Å². The van der Waals surface area contributed by atoms with Crippen LogP contribution in [0.3, 0.4) is 0 Å². The second-order valence-corrected chi connectivity index (χ2v) is 7.95. The van der Waals surface area contributed by atoms with Crippen LogP contribution in [-0.4, -0.2) is 69.8 Å². The zero-order valence-electron chi connectivity index (χ0n) is 16.9. The van der Waals surface area contributed by atoms with Crippen molar-refractivity contribution in [3.8, 4) is 16.9 Å². The minimum atomic E-state index is 0.659. The second kappa shape index (κ2) is 8.06. The number of pyridine rings is 1. The number of ether oxygens (including phenoxy) is 1. The summed E-state index contributed by atoms with van der Waals surface area (Å²) >= 11 is 0. The fraction of sp³-hybridized carbons (Fsp3) is 0.391. The highest BCUT2D eigenvalue weighted by Gasteiger charge is 2.28. The smallest absolute Gasteiger partial charge is 0.110 e. The monoisotopic (exact) mass is 389 g/mol. The molecule has 2 aliphatic heterocycles. The van der Waals surface area contributed by atoms with E-state index in [4.69, 9.17) is 9.72 Å². The first kappa shape index (κ1) is 18.5. The summed E-state index contributed by atoms with van der Waals surface area (Å²) in [6.45, 7) is 9.46. The molecule has 0 aliphatic carbocycles. The zero-order valence-corrected chi connectivity index (χ0v) is 16.9. The molecule has 5 rings (SSSR count). The Morgan fingerprint density at radius 1 is 0.966 bits per heavy atom. The van der Waals surface area contributed by atoms with Gasteiger partial charge in [0, 0.05) is 62.6 Å². The number of nitrogens with zero attached hydrogens (tertiary/aromatic N) is 5. The minimum absolute atomic E-state index is 0.659. The molecule has 3 aromatic rings. The fourth-order valence-electron chi connectivity index (χ4n) is 4.14. The quantitative estimate of drug-likeness (QED) is 0.672. The Balaban J connectivity index is 1.23. The van der Waals surface area contributed by atoms with Gasteiger partial charge in [0.2, 0.25) is 0 Å². The molecule has 0 atom stereocenters. The maximum atomic E-state index is 5.33. The van der Waals surface area contributed by atoms with Crippen molar-refractivity contribution in [3.63, 3.8) is 0 Å². The van der Waals surface area contributed by atoms with Crippen LogP contribution in [0.1, 0.15) is 11.4 Å². The van der Waals surface area contributed by atoms with Crippen molar-refractivity contribution in [2.75, 3.05) is 39.4 Å². The van der Waals surface area contributed by atoms with E-state index in [0.29, 0.717) is 6.04 Å². The Labute approximate surface area is 171 Å². The van der Waals surface area contributed by atoms with Gasteiger partial charge in [-0.3, -0.25) is 14.8 Å². The molecule has 6 nitrogen and oxygen atoms in total. The SMILES string of the molecule is Cc1nc(-c2ccncc2)cn1-c1ccc(CN2CCN(C3COC3)CC2)cc1. The van der Waals surface area contributed by atoms with Gasteiger partial charge in [-0.1, -0.05) is 12.1 Å². The van der Waals surface area contributed by atoms with E-state index in [9.17, 15) is 0 Å². The van der Waals surface area contributed by atoms with Crippen LogP contribution in [0, 0.1) is 6.92 Å². The number of aryl methyl sites for hydroxylation is 1. The van der Waals surface area contributed by atoms with E-state index in [-0.39, 0.29) is 0 Å². The lowest BCUT2D eigenvalue weighted by molar-refractivity contribution is -0.0774. The van der Waals surface area contributed by atoms with Gasteiger partial charge < -0.3 is 9.30 Å². The van der Waals surface area contributed by atoms with Crippen LogP contribution in [0.25, 0.3) is 16.9 Å². The van der Waals surface area contributed by atoms with Gasteiger partial charge in [-0.2, -0.15) is 0 Å². The minimum Gasteiger partial charge on any atom is -0.378 e. The Bertz CT molecular complexity index is 941. The molecule has 2 aliphatic rings. The van der Waals surface area contributed by atoms with E-state index in [1.807, 2.05) is 19.1 Å². The van der Waals surface area contributed by atoms with Crippen molar-refractivity contribution in [1.82, 2.24) is 24.3 Å². The highest BCUT2D eigenvalue weighted by atomic mass is 16.5. The lowest BCUT2D eigenvalue weighted by Crippen LogP contribution is -2.56. The summed E-state index contributed by atoms with van der Waals surface area (Å²) in [4.78, 5) is 13.9. The number of benzene rings is 1. The van der Waals surface area contributed by atoms with Crippen molar-refractivity contribution < 1.29 is 4.74 Å². The van der Waals surface area contributed by atoms with E-state index in [2.05, 4.69) is 49.8 Å². The largest absolute Gasteiger partial charge is 0.378 e. The number of piperazine rings is 1. The third-order valence-corrected chi connectivity index (χ3v) is 6.02. The Hall–Kier alpha value is -2.54. The number of hydrogen-bond acceptors (Lipinski definition) is 5. The van der Waals surface area contributed by atoms with Crippen LogP contribution in [0.15, 0.2) is 55.0 Å². The first-order valence-corrected chi connectivity index (χ1v) is 10.4. The first-order chi connectivity index (χ1) is 14.3.